The van der Waals surface area contributed by atoms with Gasteiger partial charge in [-0.05, 0) is 24.2 Å². The molecule has 4 N–H and O–H groups in total. The summed E-state index contributed by atoms with van der Waals surface area (Å²) in [6.07, 6.45) is 3.50. The van der Waals surface area contributed by atoms with Gasteiger partial charge in [-0.15, -0.1) is 0 Å². The van der Waals surface area contributed by atoms with Gasteiger partial charge < -0.3 is 20.1 Å². The summed E-state index contributed by atoms with van der Waals surface area (Å²) in [5.41, 5.74) is 3.69. The van der Waals surface area contributed by atoms with Crippen LogP contribution in [0, 0.1) is 16.7 Å². The number of rotatable bonds is 4. The van der Waals surface area contributed by atoms with Gasteiger partial charge in [0.25, 0.3) is 0 Å². The predicted octanol–water partition coefficient (Wildman–Crippen LogP) is -0.248. The van der Waals surface area contributed by atoms with E-state index in [1.54, 1.807) is 12.3 Å². The van der Waals surface area contributed by atoms with Gasteiger partial charge in [0.1, 0.15) is 17.4 Å². The van der Waals surface area contributed by atoms with Crippen LogP contribution in [0.15, 0.2) is 17.1 Å². The third-order valence-corrected chi connectivity index (χ3v) is 8.77. The highest BCUT2D eigenvalue weighted by Gasteiger charge is 2.64. The molecule has 4 atom stereocenters. The second-order valence-electron chi connectivity index (χ2n) is 8.51. The minimum atomic E-state index is -4.33. The third-order valence-electron chi connectivity index (χ3n) is 6.66. The van der Waals surface area contributed by atoms with Crippen molar-refractivity contribution in [3.05, 3.63) is 22.7 Å². The lowest BCUT2D eigenvalue weighted by atomic mass is 9.70. The summed E-state index contributed by atoms with van der Waals surface area (Å²) in [5, 5.41) is 8.78. The van der Waals surface area contributed by atoms with Crippen molar-refractivity contribution >= 4 is 33.5 Å². The molecule has 0 aromatic carbocycles. The number of nitrogens with two attached hydrogens (primary N) is 1. The van der Waals surface area contributed by atoms with Crippen LogP contribution in [-0.2, 0) is 19.6 Å². The summed E-state index contributed by atoms with van der Waals surface area (Å²) in [6, 6.07) is 1.62. The molecular weight excluding hydrogens is 434 g/mol. The first-order valence-corrected chi connectivity index (χ1v) is 12.2. The molecule has 2 bridgehead atoms. The molecule has 3 aliphatic rings. The highest BCUT2D eigenvalue weighted by atomic mass is 32.2. The Morgan fingerprint density at radius 1 is 1.43 bits per heavy atom. The number of anilines is 1. The Morgan fingerprint density at radius 3 is 2.60 bits per heavy atom. The van der Waals surface area contributed by atoms with Crippen LogP contribution in [-0.4, -0.2) is 53.2 Å². The van der Waals surface area contributed by atoms with E-state index in [-0.39, 0.29) is 40.2 Å². The SMILES string of the molecule is CC1(C)[C@@H]2CC[C@@]1(CS(=O)(=O)[O-])C(=O)C2.Nc1cc[n+]([C@H]2CO[C@@H](CO)S2)c(=O)[nH]1. The summed E-state index contributed by atoms with van der Waals surface area (Å²) < 4.78 is 39.5. The first-order chi connectivity index (χ1) is 13.9. The third kappa shape index (κ3) is 4.28. The van der Waals surface area contributed by atoms with Crippen molar-refractivity contribution in [2.45, 2.75) is 43.9 Å². The van der Waals surface area contributed by atoms with Crippen molar-refractivity contribution in [3.8, 4) is 0 Å². The molecule has 0 amide bonds. The number of hydrogen-bond acceptors (Lipinski definition) is 9. The number of carbonyl (C=O) groups excluding carboxylic acids is 1. The number of thioether (sulfide) groups is 1. The molecule has 2 heterocycles. The minimum absolute atomic E-state index is 0.0248. The standard InChI is InChI=1S/C10H16O4S.C8H11N3O3S/c1-9(2)7-3-4-10(9,8(11)5-7)6-15(12,13)14;9-5-1-2-11(8(13)10-5)6-4-14-7(3-12)15-6/h7H,3-6H2,1-2H3,(H,12,13,14);1-2,6-7,12H,3-4H2,(H2,9,10,13)/t7-,10-;6-,7-/m11/s1. The number of carbonyl (C=O) groups is 1. The average molecular weight is 462 g/mol. The van der Waals surface area contributed by atoms with E-state index in [4.69, 9.17) is 15.6 Å². The summed E-state index contributed by atoms with van der Waals surface area (Å²) in [7, 11) is -4.33. The number of ketones is 1. The molecule has 1 aromatic rings. The second kappa shape index (κ2) is 8.23. The first kappa shape index (κ1) is 23.2. The van der Waals surface area contributed by atoms with Crippen molar-refractivity contribution in [2.24, 2.45) is 16.7 Å². The largest absolute Gasteiger partial charge is 0.748 e. The van der Waals surface area contributed by atoms with Gasteiger partial charge in [-0.2, -0.15) is 14.3 Å². The molecule has 2 saturated carbocycles. The molecule has 30 heavy (non-hydrogen) atoms. The van der Waals surface area contributed by atoms with E-state index in [0.29, 0.717) is 25.3 Å². The molecule has 0 unspecified atom stereocenters. The number of hydrogen-bond donors (Lipinski definition) is 3. The molecule has 0 radical (unpaired) electrons. The van der Waals surface area contributed by atoms with Crippen molar-refractivity contribution in [2.75, 3.05) is 24.7 Å². The van der Waals surface area contributed by atoms with Crippen LogP contribution in [0.2, 0.25) is 0 Å². The van der Waals surface area contributed by atoms with E-state index in [2.05, 4.69) is 4.98 Å². The number of nitrogens with zero attached hydrogens (tertiary/aromatic N) is 1. The van der Waals surface area contributed by atoms with E-state index < -0.39 is 21.3 Å². The average Bonchev–Trinajstić information content (AvgIpc) is 3.24. The Labute approximate surface area is 179 Å². The van der Waals surface area contributed by atoms with Crippen molar-refractivity contribution in [1.82, 2.24) is 4.98 Å². The fourth-order valence-electron chi connectivity index (χ4n) is 4.78. The Morgan fingerprint density at radius 2 is 2.13 bits per heavy atom. The number of aliphatic hydroxyl groups excluding tert-OH is 1. The van der Waals surface area contributed by atoms with E-state index in [1.807, 2.05) is 13.8 Å². The number of nitrogens with one attached hydrogen (secondary N) is 1. The van der Waals surface area contributed by atoms with Crippen LogP contribution < -0.4 is 16.0 Å². The molecule has 2 aliphatic carbocycles. The number of aliphatic hydroxyl groups is 1. The number of H-pyrrole nitrogens is 1. The highest BCUT2D eigenvalue weighted by Crippen LogP contribution is 2.64. The zero-order chi connectivity index (χ0) is 22.3. The van der Waals surface area contributed by atoms with Gasteiger partial charge in [-0.3, -0.25) is 4.79 Å². The molecule has 12 heteroatoms. The number of aromatic amines is 1. The van der Waals surface area contributed by atoms with Crippen LogP contribution in [0.25, 0.3) is 0 Å². The Hall–Kier alpha value is -1.47. The van der Waals surface area contributed by atoms with Gasteiger partial charge >= 0.3 is 5.69 Å². The van der Waals surface area contributed by atoms with Crippen molar-refractivity contribution in [1.29, 1.82) is 0 Å². The van der Waals surface area contributed by atoms with Gasteiger partial charge in [0, 0.05) is 17.9 Å². The van der Waals surface area contributed by atoms with Gasteiger partial charge in [0.05, 0.1) is 29.1 Å². The fourth-order valence-corrected chi connectivity index (χ4v) is 7.11. The van der Waals surface area contributed by atoms with Crippen LogP contribution in [0.3, 0.4) is 0 Å². The van der Waals surface area contributed by atoms with E-state index in [0.717, 1.165) is 6.42 Å². The molecule has 4 rings (SSSR count). The van der Waals surface area contributed by atoms with Gasteiger partial charge in [0.2, 0.25) is 0 Å². The quantitative estimate of drug-likeness (QED) is 0.405. The van der Waals surface area contributed by atoms with Gasteiger partial charge in [0.15, 0.2) is 11.2 Å². The lowest BCUT2D eigenvalue weighted by Gasteiger charge is -2.37. The zero-order valence-electron chi connectivity index (χ0n) is 16.9. The van der Waals surface area contributed by atoms with Gasteiger partial charge in [-0.25, -0.2) is 8.42 Å². The number of aromatic nitrogens is 2. The van der Waals surface area contributed by atoms with E-state index in [1.165, 1.54) is 16.3 Å². The van der Waals surface area contributed by atoms with Crippen LogP contribution in [0.5, 0.6) is 0 Å². The maximum atomic E-state index is 11.8. The van der Waals surface area contributed by atoms with Crippen LogP contribution in [0.1, 0.15) is 38.5 Å². The lowest BCUT2D eigenvalue weighted by Crippen LogP contribution is -2.53. The summed E-state index contributed by atoms with van der Waals surface area (Å²) in [4.78, 5) is 25.9. The molecule has 10 nitrogen and oxygen atoms in total. The molecule has 0 spiro atoms. The monoisotopic (exact) mass is 461 g/mol. The first-order valence-electron chi connectivity index (χ1n) is 9.64. The molecule has 1 saturated heterocycles. The summed E-state index contributed by atoms with van der Waals surface area (Å²) in [6.45, 7) is 4.20. The van der Waals surface area contributed by atoms with E-state index in [9.17, 15) is 22.6 Å². The fraction of sp³-hybridized carbons (Fsp3) is 0.722. The Kier molecular flexibility index (Phi) is 6.36. The number of Topliss-reactive ketones (excluding diaryl/α,β-unsaturated/α-hetero) is 1. The number of ether oxygens (including phenoxy) is 1. The predicted molar refractivity (Wildman–Crippen MR) is 108 cm³/mol. The maximum absolute atomic E-state index is 11.8. The molecule has 3 fully saturated rings. The Balaban J connectivity index is 0.000000171. The number of fused-ring (bicyclic) bond motifs is 2. The number of nitrogen functional groups attached to an aromatic ring is 1. The van der Waals surface area contributed by atoms with Crippen LogP contribution >= 0.6 is 11.8 Å². The zero-order valence-corrected chi connectivity index (χ0v) is 18.5. The topological polar surface area (TPSA) is 166 Å². The minimum Gasteiger partial charge on any atom is -0.748 e. The summed E-state index contributed by atoms with van der Waals surface area (Å²) in [5.74, 6) is 0.0521. The van der Waals surface area contributed by atoms with Gasteiger partial charge in [-0.1, -0.05) is 25.6 Å². The Bertz CT molecular complexity index is 978. The van der Waals surface area contributed by atoms with Crippen molar-refractivity contribution < 1.29 is 32.2 Å². The summed E-state index contributed by atoms with van der Waals surface area (Å²) >= 11 is 1.41. The highest BCUT2D eigenvalue weighted by molar-refractivity contribution is 7.99. The smallest absolute Gasteiger partial charge is 0.498 e. The maximum Gasteiger partial charge on any atom is 0.498 e. The lowest BCUT2D eigenvalue weighted by molar-refractivity contribution is -0.716. The van der Waals surface area contributed by atoms with Crippen LogP contribution in [0.4, 0.5) is 5.82 Å². The molecule has 1 aliphatic heterocycles. The molecule has 168 valence electrons. The second-order valence-corrected chi connectivity index (χ2v) is 11.3. The normalized spacial score (nSPS) is 32.1. The van der Waals surface area contributed by atoms with Crippen molar-refractivity contribution in [3.63, 3.8) is 0 Å². The molecule has 1 aromatic heterocycles. The van der Waals surface area contributed by atoms with E-state index >= 15 is 0 Å². The molecular formula is C18H27N3O7S2.